The number of ether oxygens (including phenoxy) is 1. The van der Waals surface area contributed by atoms with Crippen LogP contribution in [-0.4, -0.2) is 18.6 Å². The van der Waals surface area contributed by atoms with Gasteiger partial charge in [-0.2, -0.15) is 0 Å². The van der Waals surface area contributed by atoms with Crippen molar-refractivity contribution in [1.29, 1.82) is 0 Å². The van der Waals surface area contributed by atoms with Gasteiger partial charge in [0.05, 0.1) is 5.56 Å². The zero-order valence-corrected chi connectivity index (χ0v) is 9.93. The molecule has 1 N–H and O–H groups in total. The van der Waals surface area contributed by atoms with E-state index in [2.05, 4.69) is 5.32 Å². The second-order valence-corrected chi connectivity index (χ2v) is 4.45. The van der Waals surface area contributed by atoms with E-state index in [1.165, 1.54) is 12.1 Å². The van der Waals surface area contributed by atoms with Gasteiger partial charge in [-0.3, -0.25) is 0 Å². The first-order chi connectivity index (χ1) is 7.33. The van der Waals surface area contributed by atoms with Crippen molar-refractivity contribution in [3.63, 3.8) is 0 Å². The summed E-state index contributed by atoms with van der Waals surface area (Å²) in [6, 6.07) is 4.30. The highest BCUT2D eigenvalue weighted by Gasteiger charge is 2.20. The number of hydrogen-bond acceptors (Lipinski definition) is 3. The lowest BCUT2D eigenvalue weighted by Gasteiger charge is -2.19. The van der Waals surface area contributed by atoms with E-state index in [-0.39, 0.29) is 5.56 Å². The van der Waals surface area contributed by atoms with Crippen LogP contribution in [0.15, 0.2) is 18.2 Å². The van der Waals surface area contributed by atoms with Gasteiger partial charge in [0.15, 0.2) is 0 Å². The lowest BCUT2D eigenvalue weighted by atomic mass is 10.1. The average molecular weight is 225 g/mol. The first-order valence-corrected chi connectivity index (χ1v) is 5.04. The van der Waals surface area contributed by atoms with Crippen LogP contribution in [0.1, 0.15) is 31.1 Å². The largest absolute Gasteiger partial charge is 0.456 e. The monoisotopic (exact) mass is 225 g/mol. The molecule has 0 atom stereocenters. The summed E-state index contributed by atoms with van der Waals surface area (Å²) in [5, 5.41) is 2.79. The predicted octanol–water partition coefficient (Wildman–Crippen LogP) is 2.82. The number of nitrogens with one attached hydrogen (secondary N) is 1. The van der Waals surface area contributed by atoms with E-state index < -0.39 is 17.4 Å². The Morgan fingerprint density at radius 2 is 2.00 bits per heavy atom. The summed E-state index contributed by atoms with van der Waals surface area (Å²) in [6.07, 6.45) is 0. The fourth-order valence-electron chi connectivity index (χ4n) is 1.17. The molecule has 0 aliphatic heterocycles. The molecule has 0 amide bonds. The van der Waals surface area contributed by atoms with Gasteiger partial charge in [0.25, 0.3) is 0 Å². The van der Waals surface area contributed by atoms with Gasteiger partial charge in [-0.1, -0.05) is 0 Å². The Hall–Kier alpha value is -1.58. The third-order valence-corrected chi connectivity index (χ3v) is 1.88. The highest BCUT2D eigenvalue weighted by atomic mass is 19.1. The molecule has 0 fully saturated rings. The summed E-state index contributed by atoms with van der Waals surface area (Å²) in [7, 11) is 1.68. The molecule has 0 unspecified atom stereocenters. The summed E-state index contributed by atoms with van der Waals surface area (Å²) in [5.74, 6) is -1.23. The van der Waals surface area contributed by atoms with Crippen LogP contribution in [0.25, 0.3) is 0 Å². The quantitative estimate of drug-likeness (QED) is 0.786. The topological polar surface area (TPSA) is 38.3 Å². The summed E-state index contributed by atoms with van der Waals surface area (Å²) in [5.41, 5.74) is -0.0516. The maximum Gasteiger partial charge on any atom is 0.341 e. The van der Waals surface area contributed by atoms with Crippen molar-refractivity contribution in [2.45, 2.75) is 26.4 Å². The Morgan fingerprint density at radius 1 is 1.38 bits per heavy atom. The summed E-state index contributed by atoms with van der Waals surface area (Å²) < 4.78 is 18.6. The maximum absolute atomic E-state index is 13.5. The van der Waals surface area contributed by atoms with E-state index in [1.807, 2.05) is 0 Å². The van der Waals surface area contributed by atoms with Gasteiger partial charge in [0, 0.05) is 12.7 Å². The van der Waals surface area contributed by atoms with Crippen LogP contribution >= 0.6 is 0 Å². The minimum Gasteiger partial charge on any atom is -0.456 e. The fraction of sp³-hybridized carbons (Fsp3) is 0.417. The zero-order chi connectivity index (χ0) is 12.3. The normalized spacial score (nSPS) is 11.1. The first-order valence-electron chi connectivity index (χ1n) is 5.04. The van der Waals surface area contributed by atoms with Crippen molar-refractivity contribution in [3.05, 3.63) is 29.6 Å². The highest BCUT2D eigenvalue weighted by molar-refractivity contribution is 5.90. The van der Waals surface area contributed by atoms with Gasteiger partial charge in [-0.05, 0) is 39.0 Å². The summed E-state index contributed by atoms with van der Waals surface area (Å²) in [4.78, 5) is 11.6. The summed E-state index contributed by atoms with van der Waals surface area (Å²) >= 11 is 0. The number of carbonyl (C=O) groups is 1. The number of esters is 1. The third kappa shape index (κ3) is 3.22. The van der Waals surface area contributed by atoms with Gasteiger partial charge >= 0.3 is 5.97 Å². The van der Waals surface area contributed by atoms with Crippen LogP contribution < -0.4 is 5.32 Å². The molecule has 4 heteroatoms. The number of carbonyl (C=O) groups excluding carboxylic acids is 1. The van der Waals surface area contributed by atoms with Gasteiger partial charge in [0.2, 0.25) is 0 Å². The van der Waals surface area contributed by atoms with E-state index in [9.17, 15) is 9.18 Å². The van der Waals surface area contributed by atoms with E-state index in [0.29, 0.717) is 5.69 Å². The van der Waals surface area contributed by atoms with Crippen molar-refractivity contribution in [3.8, 4) is 0 Å². The van der Waals surface area contributed by atoms with Crippen molar-refractivity contribution >= 4 is 11.7 Å². The van der Waals surface area contributed by atoms with Crippen LogP contribution in [0.2, 0.25) is 0 Å². The Balaban J connectivity index is 2.93. The standard InChI is InChI=1S/C12H16FNO2/c1-12(2,3)16-11(15)9-6-5-8(14-4)7-10(9)13/h5-7,14H,1-4H3. The van der Waals surface area contributed by atoms with Crippen LogP contribution in [-0.2, 0) is 4.74 Å². The molecule has 0 spiro atoms. The molecule has 0 aliphatic rings. The van der Waals surface area contributed by atoms with E-state index in [4.69, 9.17) is 4.74 Å². The van der Waals surface area contributed by atoms with Gasteiger partial charge < -0.3 is 10.1 Å². The van der Waals surface area contributed by atoms with Crippen LogP contribution in [0.4, 0.5) is 10.1 Å². The molecule has 0 aromatic heterocycles. The molecule has 16 heavy (non-hydrogen) atoms. The number of hydrogen-bond donors (Lipinski definition) is 1. The second kappa shape index (κ2) is 4.51. The van der Waals surface area contributed by atoms with E-state index in [1.54, 1.807) is 33.9 Å². The maximum atomic E-state index is 13.5. The molecule has 0 aliphatic carbocycles. The molecule has 0 saturated heterocycles. The molecule has 1 rings (SSSR count). The molecule has 3 nitrogen and oxygen atoms in total. The van der Waals surface area contributed by atoms with Gasteiger partial charge in [0.1, 0.15) is 11.4 Å². The predicted molar refractivity (Wildman–Crippen MR) is 61.1 cm³/mol. The van der Waals surface area contributed by atoms with Crippen molar-refractivity contribution in [1.82, 2.24) is 0 Å². The average Bonchev–Trinajstić information content (AvgIpc) is 2.14. The number of anilines is 1. The Kier molecular flexibility index (Phi) is 3.52. The molecule has 88 valence electrons. The number of rotatable bonds is 2. The lowest BCUT2D eigenvalue weighted by Crippen LogP contribution is -2.24. The molecular weight excluding hydrogens is 209 g/mol. The molecule has 1 aromatic carbocycles. The number of benzene rings is 1. The Morgan fingerprint density at radius 3 is 2.44 bits per heavy atom. The second-order valence-electron chi connectivity index (χ2n) is 4.45. The van der Waals surface area contributed by atoms with Crippen LogP contribution in [0.5, 0.6) is 0 Å². The summed E-state index contributed by atoms with van der Waals surface area (Å²) in [6.45, 7) is 5.22. The van der Waals surface area contributed by atoms with E-state index >= 15 is 0 Å². The van der Waals surface area contributed by atoms with E-state index in [0.717, 1.165) is 0 Å². The van der Waals surface area contributed by atoms with Crippen molar-refractivity contribution < 1.29 is 13.9 Å². The minimum atomic E-state index is -0.646. The molecule has 1 aromatic rings. The Labute approximate surface area is 94.6 Å². The smallest absolute Gasteiger partial charge is 0.341 e. The Bertz CT molecular complexity index is 396. The highest BCUT2D eigenvalue weighted by Crippen LogP contribution is 2.17. The number of halogens is 1. The molecule has 0 radical (unpaired) electrons. The molecular formula is C12H16FNO2. The van der Waals surface area contributed by atoms with Crippen molar-refractivity contribution in [2.24, 2.45) is 0 Å². The van der Waals surface area contributed by atoms with Crippen LogP contribution in [0, 0.1) is 5.82 Å². The van der Waals surface area contributed by atoms with Gasteiger partial charge in [-0.25, -0.2) is 9.18 Å². The first kappa shape index (κ1) is 12.5. The molecule has 0 saturated carbocycles. The van der Waals surface area contributed by atoms with Crippen LogP contribution in [0.3, 0.4) is 0 Å². The minimum absolute atomic E-state index is 0.0473. The molecule has 0 bridgehead atoms. The fourth-order valence-corrected chi connectivity index (χ4v) is 1.17. The zero-order valence-electron chi connectivity index (χ0n) is 9.93. The van der Waals surface area contributed by atoms with Gasteiger partial charge in [-0.15, -0.1) is 0 Å². The SMILES string of the molecule is CNc1ccc(C(=O)OC(C)(C)C)c(F)c1. The third-order valence-electron chi connectivity index (χ3n) is 1.88. The molecule has 0 heterocycles. The van der Waals surface area contributed by atoms with Crippen molar-refractivity contribution in [2.75, 3.05) is 12.4 Å². The lowest BCUT2D eigenvalue weighted by molar-refractivity contribution is 0.00648.